The molecule has 0 unspecified atom stereocenters. The van der Waals surface area contributed by atoms with Crippen molar-refractivity contribution in [3.63, 3.8) is 0 Å². The number of allylic oxidation sites excluding steroid dienone is 2. The van der Waals surface area contributed by atoms with Crippen LogP contribution in [0.25, 0.3) is 0 Å². The van der Waals surface area contributed by atoms with E-state index in [0.29, 0.717) is 10.6 Å². The molecule has 3 nitrogen and oxygen atoms in total. The summed E-state index contributed by atoms with van der Waals surface area (Å²) in [6.07, 6.45) is 0. The molecule has 0 aromatic carbocycles. The number of hydrogen-bond donors (Lipinski definition) is 0. The first-order chi connectivity index (χ1) is 4.45. The number of rotatable bonds is 0. The fraction of sp³-hybridized carbons (Fsp3) is 0.500. The molecule has 0 atom stereocenters. The van der Waals surface area contributed by atoms with E-state index in [1.165, 1.54) is 0 Å². The quantitative estimate of drug-likeness (QED) is 0.531. The van der Waals surface area contributed by atoms with Crippen LogP contribution in [0.4, 0.5) is 0 Å². The van der Waals surface area contributed by atoms with Crippen LogP contribution in [0.2, 0.25) is 0 Å². The minimum Gasteiger partial charge on any atom is -0.200 e. The Labute approximate surface area is 60.5 Å². The third kappa shape index (κ3) is 0.883. The molecule has 0 aliphatic carbocycles. The first-order valence-electron chi connectivity index (χ1n) is 2.94. The summed E-state index contributed by atoms with van der Waals surface area (Å²) in [5, 5.41) is 0. The van der Waals surface area contributed by atoms with E-state index in [9.17, 15) is 8.42 Å². The highest BCUT2D eigenvalue weighted by Crippen LogP contribution is 2.21. The van der Waals surface area contributed by atoms with Gasteiger partial charge in [0.25, 0.3) is 10.0 Å². The molecule has 0 radical (unpaired) electrons. The van der Waals surface area contributed by atoms with E-state index in [-0.39, 0.29) is 0 Å². The van der Waals surface area contributed by atoms with Gasteiger partial charge < -0.3 is 0 Å². The zero-order valence-electron chi connectivity index (χ0n) is 6.17. The topological polar surface area (TPSA) is 46.5 Å². The van der Waals surface area contributed by atoms with Crippen LogP contribution >= 0.6 is 0 Å². The molecule has 1 aliphatic heterocycles. The van der Waals surface area contributed by atoms with Gasteiger partial charge in [0.2, 0.25) is 0 Å². The van der Waals surface area contributed by atoms with Gasteiger partial charge in [-0.2, -0.15) is 12.8 Å². The van der Waals surface area contributed by atoms with Crippen LogP contribution in [0.1, 0.15) is 20.8 Å². The third-order valence-electron chi connectivity index (χ3n) is 1.71. The normalized spacial score (nSPS) is 23.3. The minimum absolute atomic E-state index is 0.380. The van der Waals surface area contributed by atoms with Crippen LogP contribution in [-0.2, 0) is 10.0 Å². The lowest BCUT2D eigenvalue weighted by atomic mass is 10.2. The molecular formula is C6H9NO2S. The molecule has 1 heterocycles. The zero-order valence-corrected chi connectivity index (χ0v) is 6.99. The third-order valence-corrected chi connectivity index (χ3v) is 3.31. The van der Waals surface area contributed by atoms with Crippen molar-refractivity contribution in [2.24, 2.45) is 4.40 Å². The van der Waals surface area contributed by atoms with Crippen molar-refractivity contribution >= 4 is 15.7 Å². The molecule has 1 rings (SSSR count). The van der Waals surface area contributed by atoms with Crippen molar-refractivity contribution in [2.75, 3.05) is 0 Å². The van der Waals surface area contributed by atoms with E-state index < -0.39 is 10.0 Å². The molecule has 1 aliphatic rings. The van der Waals surface area contributed by atoms with Gasteiger partial charge in [0.1, 0.15) is 0 Å². The second-order valence-electron chi connectivity index (χ2n) is 2.33. The molecule has 0 N–H and O–H groups in total. The maximum atomic E-state index is 10.9. The lowest BCUT2D eigenvalue weighted by Crippen LogP contribution is -1.91. The van der Waals surface area contributed by atoms with Crippen LogP contribution in [0, 0.1) is 0 Å². The maximum absolute atomic E-state index is 10.9. The number of hydrogen-bond acceptors (Lipinski definition) is 2. The van der Waals surface area contributed by atoms with Gasteiger partial charge in [0.05, 0.1) is 10.6 Å². The second kappa shape index (κ2) is 1.92. The molecule has 0 aromatic rings. The largest absolute Gasteiger partial charge is 0.278 e. The van der Waals surface area contributed by atoms with Crippen LogP contribution < -0.4 is 0 Å². The molecule has 0 fully saturated rings. The highest BCUT2D eigenvalue weighted by Gasteiger charge is 2.22. The molecule has 0 saturated heterocycles. The summed E-state index contributed by atoms with van der Waals surface area (Å²) in [6.45, 7) is 5.03. The van der Waals surface area contributed by atoms with Crippen LogP contribution in [-0.4, -0.2) is 14.1 Å². The molecule has 0 amide bonds. The van der Waals surface area contributed by atoms with E-state index >= 15 is 0 Å². The van der Waals surface area contributed by atoms with Gasteiger partial charge in [0.15, 0.2) is 0 Å². The molecule has 10 heavy (non-hydrogen) atoms. The SMILES string of the molecule is CC1=NS(=O)(=O)C(C)=C1C. The Morgan fingerprint density at radius 2 is 1.70 bits per heavy atom. The van der Waals surface area contributed by atoms with Crippen LogP contribution in [0.3, 0.4) is 0 Å². The Hall–Kier alpha value is -0.640. The highest BCUT2D eigenvalue weighted by molar-refractivity contribution is 7.94. The van der Waals surface area contributed by atoms with Gasteiger partial charge >= 0.3 is 0 Å². The van der Waals surface area contributed by atoms with Crippen LogP contribution in [0.15, 0.2) is 14.9 Å². The Morgan fingerprint density at radius 3 is 1.80 bits per heavy atom. The first kappa shape index (κ1) is 7.47. The van der Waals surface area contributed by atoms with E-state index in [1.54, 1.807) is 20.8 Å². The van der Waals surface area contributed by atoms with Crippen LogP contribution in [0.5, 0.6) is 0 Å². The van der Waals surface area contributed by atoms with Gasteiger partial charge in [-0.05, 0) is 26.3 Å². The number of sulfonamides is 1. The molecule has 4 heteroatoms. The van der Waals surface area contributed by atoms with Gasteiger partial charge in [-0.15, -0.1) is 0 Å². The molecule has 0 spiro atoms. The van der Waals surface area contributed by atoms with Crippen molar-refractivity contribution in [3.05, 3.63) is 10.5 Å². The average Bonchev–Trinajstić information content (AvgIpc) is 1.95. The molecule has 0 saturated carbocycles. The van der Waals surface area contributed by atoms with Gasteiger partial charge in [0, 0.05) is 0 Å². The zero-order chi connectivity index (χ0) is 7.94. The summed E-state index contributed by atoms with van der Waals surface area (Å²) in [4.78, 5) is 0.380. The standard InChI is InChI=1S/C6H9NO2S/c1-4-5(2)7-10(8,9)6(4)3/h1-3H3. The van der Waals surface area contributed by atoms with Crippen molar-refractivity contribution in [1.82, 2.24) is 0 Å². The Bertz CT molecular complexity index is 322. The average molecular weight is 159 g/mol. The van der Waals surface area contributed by atoms with E-state index in [0.717, 1.165) is 5.57 Å². The summed E-state index contributed by atoms with van der Waals surface area (Å²) in [6, 6.07) is 0. The summed E-state index contributed by atoms with van der Waals surface area (Å²) in [5.74, 6) is 0. The van der Waals surface area contributed by atoms with Gasteiger partial charge in [-0.1, -0.05) is 0 Å². The Balaban J connectivity index is 3.41. The maximum Gasteiger partial charge on any atom is 0.278 e. The van der Waals surface area contributed by atoms with Crippen molar-refractivity contribution in [3.8, 4) is 0 Å². The Kier molecular flexibility index (Phi) is 1.43. The second-order valence-corrected chi connectivity index (χ2v) is 4.08. The van der Waals surface area contributed by atoms with E-state index in [2.05, 4.69) is 4.40 Å². The van der Waals surface area contributed by atoms with Crippen molar-refractivity contribution in [1.29, 1.82) is 0 Å². The molecule has 0 bridgehead atoms. The summed E-state index contributed by atoms with van der Waals surface area (Å²) < 4.78 is 25.4. The summed E-state index contributed by atoms with van der Waals surface area (Å²) in [7, 11) is -3.26. The fourth-order valence-corrected chi connectivity index (χ4v) is 1.93. The highest BCUT2D eigenvalue weighted by atomic mass is 32.2. The predicted octanol–water partition coefficient (Wildman–Crippen LogP) is 1.08. The first-order valence-corrected chi connectivity index (χ1v) is 4.38. The number of nitrogens with zero attached hydrogens (tertiary/aromatic N) is 1. The Morgan fingerprint density at radius 1 is 1.20 bits per heavy atom. The lowest BCUT2D eigenvalue weighted by Gasteiger charge is -1.89. The predicted molar refractivity (Wildman–Crippen MR) is 40.4 cm³/mol. The van der Waals surface area contributed by atoms with Crippen molar-refractivity contribution in [2.45, 2.75) is 20.8 Å². The van der Waals surface area contributed by atoms with E-state index in [4.69, 9.17) is 0 Å². The monoisotopic (exact) mass is 159 g/mol. The minimum atomic E-state index is -3.26. The summed E-state index contributed by atoms with van der Waals surface area (Å²) in [5.41, 5.74) is 1.39. The van der Waals surface area contributed by atoms with Crippen molar-refractivity contribution < 1.29 is 8.42 Å². The smallest absolute Gasteiger partial charge is 0.200 e. The fourth-order valence-electron chi connectivity index (χ4n) is 0.765. The molecule has 56 valence electrons. The lowest BCUT2D eigenvalue weighted by molar-refractivity contribution is 0.604. The van der Waals surface area contributed by atoms with Gasteiger partial charge in [-0.25, -0.2) is 0 Å². The molecule has 0 aromatic heterocycles. The van der Waals surface area contributed by atoms with E-state index in [1.807, 2.05) is 0 Å². The molecular weight excluding hydrogens is 150 g/mol. The van der Waals surface area contributed by atoms with Gasteiger partial charge in [-0.3, -0.25) is 0 Å². The summed E-state index contributed by atoms with van der Waals surface area (Å²) >= 11 is 0.